The second kappa shape index (κ2) is 13.3. The van der Waals surface area contributed by atoms with Gasteiger partial charge in [0.25, 0.3) is 0 Å². The molecule has 0 bridgehead atoms. The summed E-state index contributed by atoms with van der Waals surface area (Å²) >= 11 is -7.18. The SMILES string of the molecule is Cc1cc(C)cc(-c2cc(-c3cc(C)cc(C)c3)cc(-c3cc(C)cc(C)c3)c2)c1.[F][Zr]([F])([F])[F].[H-].[K+]. The summed E-state index contributed by atoms with van der Waals surface area (Å²) < 4.78 is 39.6. The zero-order valence-electron chi connectivity index (χ0n) is 22.9. The zero-order chi connectivity index (χ0) is 25.9. The molecular formula is C30H31F4KZr. The van der Waals surface area contributed by atoms with Crippen LogP contribution in [-0.4, -0.2) is 0 Å². The Bertz CT molecular complexity index is 1130. The molecule has 0 amide bonds. The first kappa shape index (κ1) is 31.3. The molecule has 0 aliphatic heterocycles. The van der Waals surface area contributed by atoms with Crippen LogP contribution in [0.5, 0.6) is 0 Å². The van der Waals surface area contributed by atoms with Crippen molar-refractivity contribution in [2.75, 3.05) is 0 Å². The molecule has 0 radical (unpaired) electrons. The van der Waals surface area contributed by atoms with E-state index in [0.717, 1.165) is 0 Å². The van der Waals surface area contributed by atoms with Gasteiger partial charge in [0.15, 0.2) is 0 Å². The topological polar surface area (TPSA) is 0 Å². The fraction of sp³-hybridized carbons (Fsp3) is 0.200. The molecular weight excluding hydrogens is 567 g/mol. The van der Waals surface area contributed by atoms with Crippen molar-refractivity contribution in [3.8, 4) is 33.4 Å². The molecule has 0 atom stereocenters. The molecule has 0 aromatic heterocycles. The number of benzene rings is 4. The van der Waals surface area contributed by atoms with Crippen molar-refractivity contribution in [2.45, 2.75) is 41.5 Å². The van der Waals surface area contributed by atoms with E-state index in [2.05, 4.69) is 114 Å². The summed E-state index contributed by atoms with van der Waals surface area (Å²) in [5.74, 6) is 0. The van der Waals surface area contributed by atoms with Gasteiger partial charge >= 0.3 is 84.6 Å². The van der Waals surface area contributed by atoms with Gasteiger partial charge in [-0.2, -0.15) is 0 Å². The van der Waals surface area contributed by atoms with Gasteiger partial charge in [-0.3, -0.25) is 0 Å². The minimum atomic E-state index is -7.18. The molecule has 6 heteroatoms. The Morgan fingerprint density at radius 2 is 0.500 bits per heavy atom. The van der Waals surface area contributed by atoms with Crippen LogP contribution in [0.4, 0.5) is 10.5 Å². The Morgan fingerprint density at radius 3 is 0.667 bits per heavy atom. The third-order valence-electron chi connectivity index (χ3n) is 5.60. The normalized spacial score (nSPS) is 10.8. The van der Waals surface area contributed by atoms with E-state index in [1.54, 1.807) is 0 Å². The van der Waals surface area contributed by atoms with E-state index in [9.17, 15) is 10.5 Å². The largest absolute Gasteiger partial charge is 1.00 e. The van der Waals surface area contributed by atoms with Crippen molar-refractivity contribution in [2.24, 2.45) is 0 Å². The van der Waals surface area contributed by atoms with Gasteiger partial charge in [-0.15, -0.1) is 0 Å². The van der Waals surface area contributed by atoms with Gasteiger partial charge in [-0.25, -0.2) is 0 Å². The second-order valence-electron chi connectivity index (χ2n) is 9.36. The monoisotopic (exact) mass is 596 g/mol. The standard InChI is InChI=1S/C30H30.4FH.K.Zr.H/c1-19-7-20(2)11-25(10-19)28-16-29(26-12-21(3)8-22(4)13-26)18-30(17-28)27-14-23(5)9-24(6)15-27;;;;;;;/h7-18H,1-6H3;4*1H;;;/q;;;;;+1;+4;-1/p-4. The average molecular weight is 598 g/mol. The molecule has 36 heavy (non-hydrogen) atoms. The molecule has 0 saturated carbocycles. The van der Waals surface area contributed by atoms with Crippen LogP contribution < -0.4 is 51.4 Å². The number of hydrogen-bond acceptors (Lipinski definition) is 0. The predicted molar refractivity (Wildman–Crippen MR) is 137 cm³/mol. The molecule has 0 N–H and O–H groups in total. The van der Waals surface area contributed by atoms with Crippen LogP contribution in [0.1, 0.15) is 34.8 Å². The summed E-state index contributed by atoms with van der Waals surface area (Å²) in [5.41, 5.74) is 15.5. The molecule has 184 valence electrons. The van der Waals surface area contributed by atoms with Crippen molar-refractivity contribution in [1.29, 1.82) is 0 Å². The second-order valence-corrected chi connectivity index (χ2v) is 11.5. The van der Waals surface area contributed by atoms with Gasteiger partial charge in [0.05, 0.1) is 0 Å². The Kier molecular flexibility index (Phi) is 11.5. The van der Waals surface area contributed by atoms with E-state index < -0.39 is 22.7 Å². The van der Waals surface area contributed by atoms with Gasteiger partial charge in [0.1, 0.15) is 0 Å². The number of rotatable bonds is 3. The maximum absolute atomic E-state index is 9.90. The Morgan fingerprint density at radius 1 is 0.361 bits per heavy atom. The first-order valence-corrected chi connectivity index (χ1v) is 15.2. The van der Waals surface area contributed by atoms with E-state index in [0.29, 0.717) is 0 Å². The number of aryl methyl sites for hydroxylation is 6. The van der Waals surface area contributed by atoms with Crippen molar-refractivity contribution in [3.05, 3.63) is 106 Å². The third kappa shape index (κ3) is 9.78. The van der Waals surface area contributed by atoms with Crippen LogP contribution >= 0.6 is 0 Å². The number of hydrogen-bond donors (Lipinski definition) is 0. The summed E-state index contributed by atoms with van der Waals surface area (Å²) in [7, 11) is 0. The Labute approximate surface area is 264 Å². The van der Waals surface area contributed by atoms with Crippen LogP contribution in [0.2, 0.25) is 0 Å². The summed E-state index contributed by atoms with van der Waals surface area (Å²) in [5, 5.41) is 0. The molecule has 0 heterocycles. The molecule has 0 aliphatic carbocycles. The van der Waals surface area contributed by atoms with Gasteiger partial charge in [0.2, 0.25) is 0 Å². The van der Waals surface area contributed by atoms with Crippen LogP contribution in [-0.2, 0) is 22.7 Å². The predicted octanol–water partition coefficient (Wildman–Crippen LogP) is 7.33. The van der Waals surface area contributed by atoms with E-state index in [4.69, 9.17) is 0 Å². The van der Waals surface area contributed by atoms with Crippen molar-refractivity contribution < 1.29 is 86.0 Å². The summed E-state index contributed by atoms with van der Waals surface area (Å²) in [4.78, 5) is 0. The molecule has 0 aliphatic rings. The Hall–Kier alpha value is -0.881. The molecule has 0 fully saturated rings. The first-order valence-electron chi connectivity index (χ1n) is 11.4. The zero-order valence-corrected chi connectivity index (χ0v) is 27.5. The fourth-order valence-electron chi connectivity index (χ4n) is 4.55. The van der Waals surface area contributed by atoms with Crippen molar-refractivity contribution >= 4 is 0 Å². The Balaban J connectivity index is 0.000000895. The molecule has 4 aromatic rings. The quantitative estimate of drug-likeness (QED) is 0.171. The van der Waals surface area contributed by atoms with Crippen molar-refractivity contribution in [3.63, 3.8) is 0 Å². The number of halogens is 4. The minimum absolute atomic E-state index is 0. The smallest absolute Gasteiger partial charge is 1.00 e. The van der Waals surface area contributed by atoms with Gasteiger partial charge in [0, 0.05) is 0 Å². The van der Waals surface area contributed by atoms with E-state index in [1.165, 1.54) is 66.8 Å². The van der Waals surface area contributed by atoms with E-state index >= 15 is 0 Å². The van der Waals surface area contributed by atoms with Gasteiger partial charge in [-0.05, 0) is 93.1 Å². The maximum atomic E-state index is 9.90. The first-order chi connectivity index (χ1) is 16.3. The van der Waals surface area contributed by atoms with Crippen LogP contribution in [0.15, 0.2) is 72.8 Å². The van der Waals surface area contributed by atoms with Crippen LogP contribution in [0, 0.1) is 41.5 Å². The molecule has 0 unspecified atom stereocenters. The minimum Gasteiger partial charge on any atom is -1.00 e. The maximum Gasteiger partial charge on any atom is 1.00 e. The van der Waals surface area contributed by atoms with E-state index in [-0.39, 0.29) is 52.8 Å². The fourth-order valence-corrected chi connectivity index (χ4v) is 4.55. The van der Waals surface area contributed by atoms with Crippen molar-refractivity contribution in [1.82, 2.24) is 0 Å². The summed E-state index contributed by atoms with van der Waals surface area (Å²) in [6, 6.07) is 27.5. The van der Waals surface area contributed by atoms with E-state index in [1.807, 2.05) is 0 Å². The van der Waals surface area contributed by atoms with Crippen LogP contribution in [0.3, 0.4) is 0 Å². The summed E-state index contributed by atoms with van der Waals surface area (Å²) in [6.07, 6.45) is 0. The summed E-state index contributed by atoms with van der Waals surface area (Å²) in [6.45, 7) is 13.1. The third-order valence-corrected chi connectivity index (χ3v) is 5.60. The molecule has 4 aromatic carbocycles. The van der Waals surface area contributed by atoms with Gasteiger partial charge in [-0.1, -0.05) is 88.0 Å². The molecule has 0 nitrogen and oxygen atoms in total. The molecule has 0 spiro atoms. The molecule has 0 saturated heterocycles. The average Bonchev–Trinajstić information content (AvgIpc) is 2.70. The molecule has 4 rings (SSSR count). The van der Waals surface area contributed by atoms with Crippen LogP contribution in [0.25, 0.3) is 33.4 Å². The van der Waals surface area contributed by atoms with Gasteiger partial charge < -0.3 is 1.43 Å².